The van der Waals surface area contributed by atoms with Crippen molar-refractivity contribution in [3.05, 3.63) is 65.1 Å². The molecule has 2 aromatic heterocycles. The number of aromatic nitrogens is 3. The van der Waals surface area contributed by atoms with Crippen LogP contribution in [0, 0.1) is 0 Å². The zero-order valence-corrected chi connectivity index (χ0v) is 19.8. The van der Waals surface area contributed by atoms with Crippen molar-refractivity contribution < 1.29 is 4.79 Å². The molecule has 3 aromatic rings. The van der Waals surface area contributed by atoms with Crippen molar-refractivity contribution in [1.82, 2.24) is 19.7 Å². The van der Waals surface area contributed by atoms with Gasteiger partial charge in [-0.05, 0) is 56.9 Å². The number of rotatable bonds is 4. The van der Waals surface area contributed by atoms with Gasteiger partial charge < -0.3 is 14.7 Å². The Bertz CT molecular complexity index is 1080. The summed E-state index contributed by atoms with van der Waals surface area (Å²) in [5.74, 6) is 0.863. The minimum atomic E-state index is -0.0962. The first kappa shape index (κ1) is 22.3. The Labute approximate surface area is 194 Å². The SMILES string of the molecule is CC.CN(C)C1CCN(c2ccc(N3Cc4cn(-c5ccc(Cl)cc5)nc4C3=O)cn2)C1. The lowest BCUT2D eigenvalue weighted by molar-refractivity contribution is 0.0991. The third-order valence-electron chi connectivity index (χ3n) is 5.92. The van der Waals surface area contributed by atoms with Gasteiger partial charge in [0.15, 0.2) is 5.69 Å². The molecule has 7 nitrogen and oxygen atoms in total. The number of halogens is 1. The Hall–Kier alpha value is -2.90. The van der Waals surface area contributed by atoms with Crippen LogP contribution in [0.2, 0.25) is 5.02 Å². The maximum absolute atomic E-state index is 12.9. The molecule has 8 heteroatoms. The van der Waals surface area contributed by atoms with Crippen LogP contribution < -0.4 is 9.80 Å². The molecule has 2 aliphatic rings. The van der Waals surface area contributed by atoms with E-state index in [1.807, 2.05) is 56.4 Å². The average molecular weight is 453 g/mol. The number of amides is 1. The standard InChI is InChI=1S/C22H23ClN6O.C2H6/c1-26(2)19-9-10-27(14-19)20-8-7-18(11-24-20)28-12-15-13-29(25-21(15)22(28)30)17-5-3-16(23)4-6-17;1-2/h3-8,11,13,19H,9-10,12,14H2,1-2H3;1-2H3. The van der Waals surface area contributed by atoms with Crippen molar-refractivity contribution in [3.8, 4) is 5.69 Å². The molecule has 0 spiro atoms. The molecular weight excluding hydrogens is 424 g/mol. The van der Waals surface area contributed by atoms with E-state index in [0.717, 1.165) is 42.3 Å². The summed E-state index contributed by atoms with van der Waals surface area (Å²) in [7, 11) is 4.23. The summed E-state index contributed by atoms with van der Waals surface area (Å²) in [5, 5.41) is 5.17. The summed E-state index contributed by atoms with van der Waals surface area (Å²) in [6.07, 6.45) is 4.83. The van der Waals surface area contributed by atoms with Gasteiger partial charge in [-0.3, -0.25) is 4.79 Å². The monoisotopic (exact) mass is 452 g/mol. The fourth-order valence-corrected chi connectivity index (χ4v) is 4.23. The zero-order chi connectivity index (χ0) is 22.8. The van der Waals surface area contributed by atoms with E-state index in [1.54, 1.807) is 15.8 Å². The predicted molar refractivity (Wildman–Crippen MR) is 129 cm³/mol. The van der Waals surface area contributed by atoms with Crippen molar-refractivity contribution in [2.24, 2.45) is 0 Å². The van der Waals surface area contributed by atoms with Crippen molar-refractivity contribution in [3.63, 3.8) is 0 Å². The van der Waals surface area contributed by atoms with Gasteiger partial charge in [-0.1, -0.05) is 25.4 Å². The van der Waals surface area contributed by atoms with Crippen LogP contribution in [0.4, 0.5) is 11.5 Å². The van der Waals surface area contributed by atoms with Gasteiger partial charge in [0.2, 0.25) is 0 Å². The predicted octanol–water partition coefficient (Wildman–Crippen LogP) is 4.25. The molecule has 2 aliphatic heterocycles. The Morgan fingerprint density at radius 1 is 1.06 bits per heavy atom. The van der Waals surface area contributed by atoms with E-state index in [4.69, 9.17) is 11.6 Å². The second kappa shape index (κ2) is 9.30. The molecule has 0 bridgehead atoms. The van der Waals surface area contributed by atoms with Crippen LogP contribution in [0.1, 0.15) is 36.3 Å². The Kier molecular flexibility index (Phi) is 6.48. The number of benzene rings is 1. The second-order valence-corrected chi connectivity index (χ2v) is 8.48. The number of likely N-dealkylation sites (N-methyl/N-ethyl adjacent to an activating group) is 1. The molecule has 1 atom stereocenters. The number of anilines is 2. The first-order valence-corrected chi connectivity index (χ1v) is 11.4. The fraction of sp³-hybridized carbons (Fsp3) is 0.375. The highest BCUT2D eigenvalue weighted by Crippen LogP contribution is 2.29. The lowest BCUT2D eigenvalue weighted by Gasteiger charge is -2.22. The summed E-state index contributed by atoms with van der Waals surface area (Å²) in [6, 6.07) is 11.9. The Morgan fingerprint density at radius 2 is 1.78 bits per heavy atom. The molecule has 4 heterocycles. The molecule has 0 saturated carbocycles. The molecule has 32 heavy (non-hydrogen) atoms. The smallest absolute Gasteiger partial charge is 0.279 e. The Morgan fingerprint density at radius 3 is 2.38 bits per heavy atom. The van der Waals surface area contributed by atoms with E-state index in [9.17, 15) is 4.79 Å². The van der Waals surface area contributed by atoms with Crippen molar-refractivity contribution >= 4 is 29.0 Å². The zero-order valence-electron chi connectivity index (χ0n) is 19.0. The van der Waals surface area contributed by atoms with Crippen LogP contribution in [0.15, 0.2) is 48.8 Å². The van der Waals surface area contributed by atoms with Gasteiger partial charge >= 0.3 is 0 Å². The highest BCUT2D eigenvalue weighted by molar-refractivity contribution is 6.30. The third-order valence-corrected chi connectivity index (χ3v) is 6.17. The topological polar surface area (TPSA) is 57.5 Å². The van der Waals surface area contributed by atoms with Gasteiger partial charge in [0, 0.05) is 35.9 Å². The quantitative estimate of drug-likeness (QED) is 0.592. The van der Waals surface area contributed by atoms with Gasteiger partial charge in [-0.15, -0.1) is 0 Å². The summed E-state index contributed by atoms with van der Waals surface area (Å²) in [5.41, 5.74) is 3.07. The molecule has 1 fully saturated rings. The summed E-state index contributed by atoms with van der Waals surface area (Å²) < 4.78 is 1.73. The maximum atomic E-state index is 12.9. The minimum absolute atomic E-state index is 0.0962. The van der Waals surface area contributed by atoms with E-state index >= 15 is 0 Å². The number of nitrogens with zero attached hydrogens (tertiary/aromatic N) is 6. The minimum Gasteiger partial charge on any atom is -0.355 e. The molecule has 5 rings (SSSR count). The number of carbonyl (C=O) groups excluding carboxylic acids is 1. The van der Waals surface area contributed by atoms with Gasteiger partial charge in [0.25, 0.3) is 5.91 Å². The van der Waals surface area contributed by atoms with Crippen LogP contribution in [0.25, 0.3) is 5.69 Å². The molecule has 0 aliphatic carbocycles. The van der Waals surface area contributed by atoms with Crippen LogP contribution in [-0.4, -0.2) is 58.8 Å². The molecule has 1 amide bonds. The van der Waals surface area contributed by atoms with Crippen molar-refractivity contribution in [2.75, 3.05) is 37.0 Å². The van der Waals surface area contributed by atoms with E-state index in [1.165, 1.54) is 0 Å². The summed E-state index contributed by atoms with van der Waals surface area (Å²) >= 11 is 5.96. The van der Waals surface area contributed by atoms with Gasteiger partial charge in [-0.2, -0.15) is 5.10 Å². The van der Waals surface area contributed by atoms with Crippen molar-refractivity contribution in [1.29, 1.82) is 0 Å². The molecule has 1 unspecified atom stereocenters. The van der Waals surface area contributed by atoms with Crippen LogP contribution in [0.3, 0.4) is 0 Å². The van der Waals surface area contributed by atoms with Crippen molar-refractivity contribution in [2.45, 2.75) is 32.9 Å². The van der Waals surface area contributed by atoms with Gasteiger partial charge in [0.1, 0.15) is 5.82 Å². The lowest BCUT2D eigenvalue weighted by atomic mass is 10.2. The van der Waals surface area contributed by atoms with E-state index in [0.29, 0.717) is 23.3 Å². The average Bonchev–Trinajstić information content (AvgIpc) is 3.53. The normalized spacial score (nSPS) is 17.6. The highest BCUT2D eigenvalue weighted by Gasteiger charge is 2.33. The summed E-state index contributed by atoms with van der Waals surface area (Å²) in [4.78, 5) is 23.9. The first-order chi connectivity index (χ1) is 15.5. The number of pyridine rings is 1. The molecule has 0 radical (unpaired) electrons. The molecule has 168 valence electrons. The largest absolute Gasteiger partial charge is 0.355 e. The van der Waals surface area contributed by atoms with Crippen LogP contribution in [0.5, 0.6) is 0 Å². The molecule has 0 N–H and O–H groups in total. The number of carbonyl (C=O) groups is 1. The second-order valence-electron chi connectivity index (χ2n) is 8.04. The number of hydrogen-bond donors (Lipinski definition) is 0. The van der Waals surface area contributed by atoms with Crippen LogP contribution >= 0.6 is 11.6 Å². The van der Waals surface area contributed by atoms with E-state index in [2.05, 4.69) is 34.0 Å². The summed E-state index contributed by atoms with van der Waals surface area (Å²) in [6.45, 7) is 6.48. The maximum Gasteiger partial charge on any atom is 0.279 e. The van der Waals surface area contributed by atoms with Gasteiger partial charge in [0.05, 0.1) is 24.1 Å². The number of hydrogen-bond acceptors (Lipinski definition) is 5. The van der Waals surface area contributed by atoms with E-state index < -0.39 is 0 Å². The highest BCUT2D eigenvalue weighted by atomic mass is 35.5. The first-order valence-electron chi connectivity index (χ1n) is 11.0. The van der Waals surface area contributed by atoms with E-state index in [-0.39, 0.29) is 5.91 Å². The molecular formula is C24H29ClN6O. The Balaban J connectivity index is 0.00000119. The van der Waals surface area contributed by atoms with Crippen LogP contribution in [-0.2, 0) is 6.54 Å². The third kappa shape index (κ3) is 4.23. The lowest BCUT2D eigenvalue weighted by Crippen LogP contribution is -2.31. The molecule has 1 saturated heterocycles. The van der Waals surface area contributed by atoms with Gasteiger partial charge in [-0.25, -0.2) is 9.67 Å². The fourth-order valence-electron chi connectivity index (χ4n) is 4.11. The number of fused-ring (bicyclic) bond motifs is 1. The molecule has 1 aromatic carbocycles.